The second-order valence-corrected chi connectivity index (χ2v) is 9.49. The molecule has 0 radical (unpaired) electrons. The fourth-order valence-corrected chi connectivity index (χ4v) is 5.24. The monoisotopic (exact) mass is 473 g/mol. The van der Waals surface area contributed by atoms with E-state index in [1.165, 1.54) is 16.2 Å². The minimum Gasteiger partial charge on any atom is -0.480 e. The topological polar surface area (TPSA) is 98.6 Å². The van der Waals surface area contributed by atoms with Crippen molar-refractivity contribution in [3.05, 3.63) is 70.2 Å². The summed E-state index contributed by atoms with van der Waals surface area (Å²) < 4.78 is 5.96. The molecule has 0 unspecified atom stereocenters. The highest BCUT2D eigenvalue weighted by molar-refractivity contribution is 7.15. The number of rotatable bonds is 5. The van der Waals surface area contributed by atoms with E-state index in [0.29, 0.717) is 35.0 Å². The van der Waals surface area contributed by atoms with Crippen molar-refractivity contribution in [3.8, 4) is 11.8 Å². The molecule has 2 aliphatic rings. The fourth-order valence-electron chi connectivity index (χ4n) is 4.16. The van der Waals surface area contributed by atoms with Crippen LogP contribution in [0.5, 0.6) is 5.75 Å². The maximum atomic E-state index is 12.9. The van der Waals surface area contributed by atoms with E-state index in [-0.39, 0.29) is 11.8 Å². The van der Waals surface area contributed by atoms with Gasteiger partial charge in [0, 0.05) is 48.6 Å². The number of amides is 2. The van der Waals surface area contributed by atoms with E-state index in [4.69, 9.17) is 10.00 Å². The van der Waals surface area contributed by atoms with Crippen LogP contribution < -0.4 is 15.0 Å². The lowest BCUT2D eigenvalue weighted by atomic mass is 10.2. The minimum absolute atomic E-state index is 0.141. The quantitative estimate of drug-likeness (QED) is 0.610. The number of nitriles is 1. The first-order chi connectivity index (χ1) is 16.5. The first kappa shape index (κ1) is 22.1. The van der Waals surface area contributed by atoms with Crippen molar-refractivity contribution in [1.29, 1.82) is 5.26 Å². The van der Waals surface area contributed by atoms with E-state index >= 15 is 0 Å². The van der Waals surface area contributed by atoms with Crippen LogP contribution >= 0.6 is 11.3 Å². The van der Waals surface area contributed by atoms with Crippen LogP contribution in [0.3, 0.4) is 0 Å². The molecule has 1 fully saturated rings. The zero-order chi connectivity index (χ0) is 23.7. The van der Waals surface area contributed by atoms with Gasteiger partial charge < -0.3 is 14.5 Å². The molecule has 1 saturated heterocycles. The number of aromatic nitrogens is 1. The van der Waals surface area contributed by atoms with Crippen LogP contribution in [0.25, 0.3) is 0 Å². The number of likely N-dealkylation sites (N-methyl/N-ethyl adjacent to an activating group) is 1. The second kappa shape index (κ2) is 9.25. The van der Waals surface area contributed by atoms with E-state index in [9.17, 15) is 9.59 Å². The molecule has 3 aromatic rings. The molecule has 1 N–H and O–H groups in total. The van der Waals surface area contributed by atoms with Crippen LogP contribution in [0.4, 0.5) is 10.8 Å². The molecule has 0 saturated carbocycles. The molecule has 1 aromatic heterocycles. The molecular weight excluding hydrogens is 450 g/mol. The summed E-state index contributed by atoms with van der Waals surface area (Å²) in [5, 5.41) is 12.5. The Morgan fingerprint density at radius 2 is 2.06 bits per heavy atom. The molecule has 5 rings (SSSR count). The zero-order valence-electron chi connectivity index (χ0n) is 18.7. The predicted octanol–water partition coefficient (Wildman–Crippen LogP) is 3.44. The van der Waals surface area contributed by atoms with Crippen molar-refractivity contribution >= 4 is 34.0 Å². The van der Waals surface area contributed by atoms with Crippen LogP contribution in [-0.2, 0) is 17.8 Å². The summed E-state index contributed by atoms with van der Waals surface area (Å²) in [5.74, 6) is 0.0625. The SMILES string of the molecule is CN1CCc2nc(NC(=O)c3cccc(O[C@@H]4CCN(c5ccc(C#N)cc5)C4=O)c3)sc2C1. The molecule has 0 spiro atoms. The number of hydrogen-bond acceptors (Lipinski definition) is 7. The number of carbonyl (C=O) groups is 2. The van der Waals surface area contributed by atoms with Gasteiger partial charge in [-0.2, -0.15) is 5.26 Å². The Morgan fingerprint density at radius 1 is 1.24 bits per heavy atom. The highest BCUT2D eigenvalue weighted by Gasteiger charge is 2.34. The first-order valence-electron chi connectivity index (χ1n) is 11.1. The van der Waals surface area contributed by atoms with Gasteiger partial charge in [0.15, 0.2) is 11.2 Å². The smallest absolute Gasteiger partial charge is 0.268 e. The Labute approximate surface area is 201 Å². The highest BCUT2D eigenvalue weighted by Crippen LogP contribution is 2.29. The Kier molecular flexibility index (Phi) is 6.01. The van der Waals surface area contributed by atoms with Crippen molar-refractivity contribution in [2.75, 3.05) is 30.4 Å². The Hall–Kier alpha value is -3.74. The molecule has 2 aliphatic heterocycles. The Bertz CT molecular complexity index is 1280. The zero-order valence-corrected chi connectivity index (χ0v) is 19.5. The highest BCUT2D eigenvalue weighted by atomic mass is 32.1. The van der Waals surface area contributed by atoms with Crippen molar-refractivity contribution in [2.24, 2.45) is 0 Å². The van der Waals surface area contributed by atoms with Crippen LogP contribution in [0, 0.1) is 11.3 Å². The van der Waals surface area contributed by atoms with E-state index in [1.54, 1.807) is 53.4 Å². The first-order valence-corrected chi connectivity index (χ1v) is 11.9. The van der Waals surface area contributed by atoms with Gasteiger partial charge in [-0.05, 0) is 49.5 Å². The number of hydrogen-bond donors (Lipinski definition) is 1. The number of anilines is 2. The molecule has 172 valence electrons. The van der Waals surface area contributed by atoms with Gasteiger partial charge in [0.2, 0.25) is 0 Å². The number of benzene rings is 2. The average Bonchev–Trinajstić information content (AvgIpc) is 3.41. The van der Waals surface area contributed by atoms with Gasteiger partial charge in [-0.25, -0.2) is 4.98 Å². The maximum absolute atomic E-state index is 12.9. The molecule has 34 heavy (non-hydrogen) atoms. The van der Waals surface area contributed by atoms with Crippen molar-refractivity contribution in [3.63, 3.8) is 0 Å². The summed E-state index contributed by atoms with van der Waals surface area (Å²) >= 11 is 1.51. The lowest BCUT2D eigenvalue weighted by Gasteiger charge is -2.20. The molecule has 9 heteroatoms. The summed E-state index contributed by atoms with van der Waals surface area (Å²) in [7, 11) is 2.07. The van der Waals surface area contributed by atoms with Gasteiger partial charge in [0.05, 0.1) is 17.3 Å². The van der Waals surface area contributed by atoms with Crippen molar-refractivity contribution in [1.82, 2.24) is 9.88 Å². The van der Waals surface area contributed by atoms with Gasteiger partial charge in [-0.15, -0.1) is 11.3 Å². The number of carbonyl (C=O) groups excluding carboxylic acids is 2. The second-order valence-electron chi connectivity index (χ2n) is 8.40. The Morgan fingerprint density at radius 3 is 2.85 bits per heavy atom. The van der Waals surface area contributed by atoms with Crippen LogP contribution in [0.2, 0.25) is 0 Å². The van der Waals surface area contributed by atoms with E-state index in [2.05, 4.69) is 28.3 Å². The molecule has 2 amide bonds. The van der Waals surface area contributed by atoms with Crippen molar-refractivity contribution < 1.29 is 14.3 Å². The third-order valence-electron chi connectivity index (χ3n) is 5.98. The van der Waals surface area contributed by atoms with Gasteiger partial charge in [0.25, 0.3) is 11.8 Å². The van der Waals surface area contributed by atoms with Gasteiger partial charge >= 0.3 is 0 Å². The average molecular weight is 474 g/mol. The van der Waals surface area contributed by atoms with Gasteiger partial charge in [-0.1, -0.05) is 6.07 Å². The predicted molar refractivity (Wildman–Crippen MR) is 129 cm³/mol. The molecule has 0 aliphatic carbocycles. The Balaban J connectivity index is 1.24. The molecular formula is C25H23N5O3S. The number of fused-ring (bicyclic) bond motifs is 1. The molecule has 8 nitrogen and oxygen atoms in total. The summed E-state index contributed by atoms with van der Waals surface area (Å²) in [6, 6.07) is 15.8. The minimum atomic E-state index is -0.628. The molecule has 1 atom stereocenters. The number of ether oxygens (including phenoxy) is 1. The molecule has 0 bridgehead atoms. The lowest BCUT2D eigenvalue weighted by Crippen LogP contribution is -2.32. The fraction of sp³-hybridized carbons (Fsp3) is 0.280. The number of thiazole rings is 1. The van der Waals surface area contributed by atoms with Gasteiger partial charge in [-0.3, -0.25) is 14.9 Å². The normalized spacial score (nSPS) is 17.8. The number of nitrogens with one attached hydrogen (secondary N) is 1. The molecule has 2 aromatic carbocycles. The van der Waals surface area contributed by atoms with Crippen LogP contribution in [0.15, 0.2) is 48.5 Å². The van der Waals surface area contributed by atoms with E-state index < -0.39 is 6.10 Å². The van der Waals surface area contributed by atoms with E-state index in [1.807, 2.05) is 0 Å². The number of nitrogens with zero attached hydrogens (tertiary/aromatic N) is 4. The summed E-state index contributed by atoms with van der Waals surface area (Å²) in [4.78, 5) is 35.4. The van der Waals surface area contributed by atoms with Crippen molar-refractivity contribution in [2.45, 2.75) is 25.5 Å². The largest absolute Gasteiger partial charge is 0.480 e. The summed E-state index contributed by atoms with van der Waals surface area (Å²) in [5.41, 5.74) is 2.78. The maximum Gasteiger partial charge on any atom is 0.268 e. The van der Waals surface area contributed by atoms with Crippen LogP contribution in [0.1, 0.15) is 32.9 Å². The summed E-state index contributed by atoms with van der Waals surface area (Å²) in [6.07, 6.45) is 0.793. The third-order valence-corrected chi connectivity index (χ3v) is 6.98. The third kappa shape index (κ3) is 4.51. The summed E-state index contributed by atoms with van der Waals surface area (Å²) in [6.45, 7) is 2.34. The van der Waals surface area contributed by atoms with Gasteiger partial charge in [0.1, 0.15) is 5.75 Å². The molecule has 3 heterocycles. The standard InChI is InChI=1S/C25H23N5O3S/c1-29-11-9-20-22(15-29)34-25(27-20)28-23(31)17-3-2-4-19(13-17)33-21-10-12-30(24(21)32)18-7-5-16(14-26)6-8-18/h2-8,13,21H,9-12,15H2,1H3,(H,27,28,31)/t21-/m1/s1. The van der Waals surface area contributed by atoms with E-state index in [0.717, 1.165) is 30.9 Å². The van der Waals surface area contributed by atoms with Crippen LogP contribution in [-0.4, -0.2) is 47.9 Å². The lowest BCUT2D eigenvalue weighted by molar-refractivity contribution is -0.122.